The van der Waals surface area contributed by atoms with E-state index in [2.05, 4.69) is 0 Å². The van der Waals surface area contributed by atoms with E-state index < -0.39 is 15.6 Å². The highest BCUT2D eigenvalue weighted by molar-refractivity contribution is 7.92. The number of sulfone groups is 1. The van der Waals surface area contributed by atoms with Gasteiger partial charge in [-0.1, -0.05) is 37.6 Å². The van der Waals surface area contributed by atoms with Crippen LogP contribution in [0, 0.1) is 12.8 Å². The zero-order valence-electron chi connectivity index (χ0n) is 10.4. The van der Waals surface area contributed by atoms with E-state index in [0.29, 0.717) is 5.56 Å². The molecule has 0 saturated carbocycles. The summed E-state index contributed by atoms with van der Waals surface area (Å²) in [6.07, 6.45) is 0. The topological polar surface area (TPSA) is 51.2 Å². The number of hydrogen-bond acceptors (Lipinski definition) is 3. The zero-order valence-corrected chi connectivity index (χ0v) is 11.3. The lowest BCUT2D eigenvalue weighted by atomic mass is 10.1. The van der Waals surface area contributed by atoms with Crippen LogP contribution in [-0.2, 0) is 9.84 Å². The third-order valence-corrected chi connectivity index (χ3v) is 4.15. The van der Waals surface area contributed by atoms with Crippen molar-refractivity contribution in [1.29, 1.82) is 0 Å². The van der Waals surface area contributed by atoms with Gasteiger partial charge in [0.25, 0.3) is 0 Å². The molecule has 94 valence electrons. The molecule has 0 aromatic heterocycles. The molecule has 3 nitrogen and oxygen atoms in total. The highest BCUT2D eigenvalue weighted by atomic mass is 32.2. The lowest BCUT2D eigenvalue weighted by Gasteiger charge is -2.06. The molecule has 0 amide bonds. The molecule has 0 fully saturated rings. The van der Waals surface area contributed by atoms with Crippen LogP contribution in [0.25, 0.3) is 0 Å². The van der Waals surface area contributed by atoms with E-state index in [1.807, 2.05) is 26.8 Å². The third kappa shape index (κ3) is 4.69. The van der Waals surface area contributed by atoms with Gasteiger partial charge in [0.1, 0.15) is 5.75 Å². The normalized spacial score (nSPS) is 11.8. The van der Waals surface area contributed by atoms with Gasteiger partial charge < -0.3 is 0 Å². The van der Waals surface area contributed by atoms with E-state index in [0.717, 1.165) is 5.56 Å². The number of hydrogen-bond donors (Lipinski definition) is 0. The fourth-order valence-corrected chi connectivity index (χ4v) is 3.37. The van der Waals surface area contributed by atoms with Crippen LogP contribution in [0.4, 0.5) is 0 Å². The van der Waals surface area contributed by atoms with Crippen LogP contribution in [0.2, 0.25) is 0 Å². The van der Waals surface area contributed by atoms with Gasteiger partial charge in [0.2, 0.25) is 0 Å². The number of Topliss-reactive ketones (excluding diaryl/α,β-unsaturated/α-hetero) is 1. The molecule has 0 aliphatic rings. The predicted molar refractivity (Wildman–Crippen MR) is 69.0 cm³/mol. The highest BCUT2D eigenvalue weighted by Crippen LogP contribution is 2.08. The second kappa shape index (κ2) is 5.45. The van der Waals surface area contributed by atoms with E-state index in [-0.39, 0.29) is 17.5 Å². The number of benzene rings is 1. The number of rotatable bonds is 5. The van der Waals surface area contributed by atoms with Crippen molar-refractivity contribution in [3.05, 3.63) is 35.4 Å². The fraction of sp³-hybridized carbons (Fsp3) is 0.462. The molecule has 0 atom stereocenters. The van der Waals surface area contributed by atoms with E-state index in [9.17, 15) is 13.2 Å². The molecule has 0 N–H and O–H groups in total. The van der Waals surface area contributed by atoms with Gasteiger partial charge in [-0.3, -0.25) is 4.79 Å². The van der Waals surface area contributed by atoms with Crippen LogP contribution < -0.4 is 0 Å². The molecule has 0 saturated heterocycles. The molecule has 0 aliphatic carbocycles. The Bertz CT molecular complexity index is 501. The first-order valence-electron chi connectivity index (χ1n) is 5.60. The van der Waals surface area contributed by atoms with E-state index in [1.165, 1.54) is 0 Å². The first-order valence-corrected chi connectivity index (χ1v) is 7.42. The minimum Gasteiger partial charge on any atom is -0.293 e. The Labute approximate surface area is 103 Å². The largest absolute Gasteiger partial charge is 0.293 e. The highest BCUT2D eigenvalue weighted by Gasteiger charge is 2.19. The lowest BCUT2D eigenvalue weighted by molar-refractivity contribution is 0.102. The number of ketones is 1. The minimum atomic E-state index is -3.29. The van der Waals surface area contributed by atoms with Gasteiger partial charge in [-0.15, -0.1) is 0 Å². The molecular formula is C13H18O3S. The van der Waals surface area contributed by atoms with Crippen molar-refractivity contribution < 1.29 is 13.2 Å². The standard InChI is InChI=1S/C13H18O3S/c1-10(2)8-17(15,16)9-13(14)12-6-4-5-11(3)7-12/h4-7,10H,8-9H2,1-3H3. The van der Waals surface area contributed by atoms with Crippen molar-refractivity contribution in [1.82, 2.24) is 0 Å². The van der Waals surface area contributed by atoms with Gasteiger partial charge in [-0.25, -0.2) is 8.42 Å². The summed E-state index contributed by atoms with van der Waals surface area (Å²) in [5, 5.41) is 0. The molecule has 17 heavy (non-hydrogen) atoms. The molecule has 1 rings (SSSR count). The molecule has 0 spiro atoms. The SMILES string of the molecule is Cc1cccc(C(=O)CS(=O)(=O)CC(C)C)c1. The average molecular weight is 254 g/mol. The Morgan fingerprint density at radius 1 is 1.29 bits per heavy atom. The summed E-state index contributed by atoms with van der Waals surface area (Å²) in [4.78, 5) is 11.8. The van der Waals surface area contributed by atoms with Gasteiger partial charge in [0, 0.05) is 5.56 Å². The van der Waals surface area contributed by atoms with Crippen LogP contribution in [0.1, 0.15) is 29.8 Å². The van der Waals surface area contributed by atoms with Crippen LogP contribution in [0.3, 0.4) is 0 Å². The number of carbonyl (C=O) groups is 1. The Kier molecular flexibility index (Phi) is 4.46. The average Bonchev–Trinajstić information content (AvgIpc) is 2.14. The summed E-state index contributed by atoms with van der Waals surface area (Å²) in [6.45, 7) is 5.53. The van der Waals surface area contributed by atoms with Crippen LogP contribution in [0.5, 0.6) is 0 Å². The van der Waals surface area contributed by atoms with Gasteiger partial charge in [0.15, 0.2) is 15.6 Å². The molecule has 1 aromatic rings. The molecule has 0 radical (unpaired) electrons. The first kappa shape index (κ1) is 13.9. The Balaban J connectivity index is 2.80. The molecule has 0 unspecified atom stereocenters. The number of aryl methyl sites for hydroxylation is 1. The second-order valence-electron chi connectivity index (χ2n) is 4.74. The predicted octanol–water partition coefficient (Wildman–Crippen LogP) is 2.25. The van der Waals surface area contributed by atoms with Crippen molar-refractivity contribution in [2.24, 2.45) is 5.92 Å². The first-order chi connectivity index (χ1) is 7.80. The summed E-state index contributed by atoms with van der Waals surface area (Å²) in [6, 6.07) is 7.00. The second-order valence-corrected chi connectivity index (χ2v) is 6.85. The maximum absolute atomic E-state index is 11.8. The van der Waals surface area contributed by atoms with Gasteiger partial charge >= 0.3 is 0 Å². The summed E-state index contributed by atoms with van der Waals surface area (Å²) in [5.41, 5.74) is 1.43. The van der Waals surface area contributed by atoms with Crippen molar-refractivity contribution in [2.45, 2.75) is 20.8 Å². The van der Waals surface area contributed by atoms with Crippen molar-refractivity contribution in [3.8, 4) is 0 Å². The Morgan fingerprint density at radius 3 is 2.47 bits per heavy atom. The molecular weight excluding hydrogens is 236 g/mol. The Hall–Kier alpha value is -1.16. The molecule has 1 aromatic carbocycles. The maximum atomic E-state index is 11.8. The zero-order chi connectivity index (χ0) is 13.1. The lowest BCUT2D eigenvalue weighted by Crippen LogP contribution is -2.21. The maximum Gasteiger partial charge on any atom is 0.177 e. The molecule has 4 heteroatoms. The van der Waals surface area contributed by atoms with E-state index >= 15 is 0 Å². The summed E-state index contributed by atoms with van der Waals surface area (Å²) >= 11 is 0. The van der Waals surface area contributed by atoms with Crippen molar-refractivity contribution in [3.63, 3.8) is 0 Å². The quantitative estimate of drug-likeness (QED) is 0.757. The van der Waals surface area contributed by atoms with E-state index in [4.69, 9.17) is 0 Å². The van der Waals surface area contributed by atoms with E-state index in [1.54, 1.807) is 18.2 Å². The summed E-state index contributed by atoms with van der Waals surface area (Å²) in [7, 11) is -3.29. The monoisotopic (exact) mass is 254 g/mol. The van der Waals surface area contributed by atoms with Crippen molar-refractivity contribution in [2.75, 3.05) is 11.5 Å². The van der Waals surface area contributed by atoms with Crippen molar-refractivity contribution >= 4 is 15.6 Å². The summed E-state index contributed by atoms with van der Waals surface area (Å²) in [5.74, 6) is -0.612. The Morgan fingerprint density at radius 2 is 1.94 bits per heavy atom. The number of carbonyl (C=O) groups excluding carboxylic acids is 1. The van der Waals surface area contributed by atoms with Gasteiger partial charge in [-0.2, -0.15) is 0 Å². The fourth-order valence-electron chi connectivity index (χ4n) is 1.67. The molecule has 0 aliphatic heterocycles. The smallest absolute Gasteiger partial charge is 0.177 e. The van der Waals surface area contributed by atoms with Crippen LogP contribution in [0.15, 0.2) is 24.3 Å². The molecule has 0 bridgehead atoms. The van der Waals surface area contributed by atoms with Gasteiger partial charge in [-0.05, 0) is 18.9 Å². The van der Waals surface area contributed by atoms with Crippen LogP contribution >= 0.6 is 0 Å². The molecule has 0 heterocycles. The third-order valence-electron chi connectivity index (χ3n) is 2.28. The summed E-state index contributed by atoms with van der Waals surface area (Å²) < 4.78 is 23.4. The van der Waals surface area contributed by atoms with Crippen LogP contribution in [-0.4, -0.2) is 25.7 Å². The minimum absolute atomic E-state index is 0.0466. The van der Waals surface area contributed by atoms with Gasteiger partial charge in [0.05, 0.1) is 5.75 Å².